The van der Waals surface area contributed by atoms with Crippen molar-refractivity contribution in [2.24, 2.45) is 5.92 Å². The Hall–Kier alpha value is -2.67. The fourth-order valence-corrected chi connectivity index (χ4v) is 6.33. The van der Waals surface area contributed by atoms with Crippen molar-refractivity contribution in [1.82, 2.24) is 4.90 Å². The Bertz CT molecular complexity index is 1070. The number of carbonyl (C=O) groups is 2. The van der Waals surface area contributed by atoms with E-state index in [1.807, 2.05) is 0 Å². The highest BCUT2D eigenvalue weighted by atomic mass is 32.2. The van der Waals surface area contributed by atoms with Crippen LogP contribution in [0.1, 0.15) is 48.0 Å². The standard InChI is InChI=1S/C24H27NO5S/c1-30-24(27)22-15-18-9-5-6-13-21(18)25(22)23(26)19-10-7-8-17(14-19)16-31(28,29)20-11-3-2-4-12-20/h2-4,7-8,10-12,14,18,21-22H,5-6,9,13,15-16H2,1H3. The first-order valence-electron chi connectivity index (χ1n) is 10.7. The minimum Gasteiger partial charge on any atom is -0.467 e. The summed E-state index contributed by atoms with van der Waals surface area (Å²) >= 11 is 0. The number of rotatable bonds is 5. The number of amides is 1. The fourth-order valence-electron chi connectivity index (χ4n) is 4.97. The van der Waals surface area contributed by atoms with Gasteiger partial charge in [-0.05, 0) is 55.0 Å². The van der Waals surface area contributed by atoms with Crippen molar-refractivity contribution in [2.45, 2.75) is 54.8 Å². The molecule has 164 valence electrons. The van der Waals surface area contributed by atoms with E-state index in [2.05, 4.69) is 0 Å². The number of benzene rings is 2. The molecule has 1 saturated carbocycles. The lowest BCUT2D eigenvalue weighted by atomic mass is 9.84. The van der Waals surface area contributed by atoms with E-state index < -0.39 is 15.9 Å². The summed E-state index contributed by atoms with van der Waals surface area (Å²) in [7, 11) is -2.17. The molecule has 3 atom stereocenters. The molecular weight excluding hydrogens is 414 g/mol. The molecule has 1 aliphatic heterocycles. The number of hydrogen-bond acceptors (Lipinski definition) is 5. The average molecular weight is 442 g/mol. The Morgan fingerprint density at radius 2 is 1.77 bits per heavy atom. The van der Waals surface area contributed by atoms with E-state index in [-0.39, 0.29) is 28.6 Å². The number of fused-ring (bicyclic) bond motifs is 1. The highest BCUT2D eigenvalue weighted by Crippen LogP contribution is 2.40. The summed E-state index contributed by atoms with van der Waals surface area (Å²) in [6.45, 7) is 0. The minimum absolute atomic E-state index is 0.0297. The van der Waals surface area contributed by atoms with Gasteiger partial charge in [-0.15, -0.1) is 0 Å². The lowest BCUT2D eigenvalue weighted by Gasteiger charge is -2.33. The van der Waals surface area contributed by atoms with Crippen LogP contribution in [0.15, 0.2) is 59.5 Å². The number of likely N-dealkylation sites (tertiary alicyclic amines) is 1. The summed E-state index contributed by atoms with van der Waals surface area (Å²) in [5.41, 5.74) is 0.949. The van der Waals surface area contributed by atoms with E-state index in [0.29, 0.717) is 23.5 Å². The number of nitrogens with zero attached hydrogens (tertiary/aromatic N) is 1. The third-order valence-corrected chi connectivity index (χ3v) is 8.13. The number of methoxy groups -OCH3 is 1. The van der Waals surface area contributed by atoms with Crippen molar-refractivity contribution in [1.29, 1.82) is 0 Å². The van der Waals surface area contributed by atoms with Crippen LogP contribution < -0.4 is 0 Å². The van der Waals surface area contributed by atoms with Gasteiger partial charge in [0, 0.05) is 11.6 Å². The van der Waals surface area contributed by atoms with Crippen LogP contribution in [-0.2, 0) is 25.1 Å². The Balaban J connectivity index is 1.60. The van der Waals surface area contributed by atoms with E-state index in [1.165, 1.54) is 7.11 Å². The number of esters is 1. The van der Waals surface area contributed by atoms with Crippen LogP contribution in [0.2, 0.25) is 0 Å². The molecule has 7 heteroatoms. The summed E-state index contributed by atoms with van der Waals surface area (Å²) in [6, 6.07) is 14.5. The van der Waals surface area contributed by atoms with Crippen LogP contribution in [-0.4, -0.2) is 44.4 Å². The first kappa shape index (κ1) is 21.6. The monoisotopic (exact) mass is 441 g/mol. The zero-order valence-corrected chi connectivity index (χ0v) is 18.4. The van der Waals surface area contributed by atoms with Crippen molar-refractivity contribution in [3.05, 3.63) is 65.7 Å². The zero-order chi connectivity index (χ0) is 22.0. The maximum Gasteiger partial charge on any atom is 0.328 e. The van der Waals surface area contributed by atoms with Crippen LogP contribution >= 0.6 is 0 Å². The number of sulfone groups is 1. The summed E-state index contributed by atoms with van der Waals surface area (Å²) in [5.74, 6) is -0.497. The van der Waals surface area contributed by atoms with Gasteiger partial charge < -0.3 is 9.64 Å². The van der Waals surface area contributed by atoms with Gasteiger partial charge in [-0.3, -0.25) is 4.79 Å². The highest BCUT2D eigenvalue weighted by molar-refractivity contribution is 7.90. The second kappa shape index (κ2) is 8.83. The molecule has 0 bridgehead atoms. The molecule has 2 aromatic carbocycles. The molecule has 1 heterocycles. The molecule has 2 aromatic rings. The third kappa shape index (κ3) is 4.37. The van der Waals surface area contributed by atoms with Crippen molar-refractivity contribution in [3.8, 4) is 0 Å². The summed E-state index contributed by atoms with van der Waals surface area (Å²) in [5, 5.41) is 0. The molecule has 0 N–H and O–H groups in total. The lowest BCUT2D eigenvalue weighted by molar-refractivity contribution is -0.145. The minimum atomic E-state index is -3.52. The molecule has 4 rings (SSSR count). The zero-order valence-electron chi connectivity index (χ0n) is 17.6. The van der Waals surface area contributed by atoms with Crippen LogP contribution in [0.25, 0.3) is 0 Å². The topological polar surface area (TPSA) is 80.8 Å². The van der Waals surface area contributed by atoms with Gasteiger partial charge in [-0.2, -0.15) is 0 Å². The van der Waals surface area contributed by atoms with Crippen LogP contribution in [0, 0.1) is 5.92 Å². The van der Waals surface area contributed by atoms with Crippen molar-refractivity contribution < 1.29 is 22.7 Å². The predicted molar refractivity (Wildman–Crippen MR) is 116 cm³/mol. The Morgan fingerprint density at radius 1 is 1.03 bits per heavy atom. The average Bonchev–Trinajstić information content (AvgIpc) is 3.18. The van der Waals surface area contributed by atoms with Crippen molar-refractivity contribution >= 4 is 21.7 Å². The summed E-state index contributed by atoms with van der Waals surface area (Å²) < 4.78 is 30.5. The molecule has 0 radical (unpaired) electrons. The van der Waals surface area contributed by atoms with E-state index in [4.69, 9.17) is 4.74 Å². The third-order valence-electron chi connectivity index (χ3n) is 6.43. The molecule has 1 amide bonds. The van der Waals surface area contributed by atoms with Gasteiger partial charge in [0.15, 0.2) is 9.84 Å². The predicted octanol–water partition coefficient (Wildman–Crippen LogP) is 3.61. The molecule has 3 unspecified atom stereocenters. The van der Waals surface area contributed by atoms with E-state index in [9.17, 15) is 18.0 Å². The second-order valence-electron chi connectivity index (χ2n) is 8.37. The Morgan fingerprint density at radius 3 is 2.52 bits per heavy atom. The molecule has 1 aliphatic carbocycles. The Kier molecular flexibility index (Phi) is 6.14. The molecule has 6 nitrogen and oxygen atoms in total. The van der Waals surface area contributed by atoms with Gasteiger partial charge in [-0.1, -0.05) is 43.2 Å². The highest BCUT2D eigenvalue weighted by Gasteiger charge is 2.48. The van der Waals surface area contributed by atoms with E-state index in [1.54, 1.807) is 59.5 Å². The Labute approximate surface area is 183 Å². The first-order chi connectivity index (χ1) is 14.9. The van der Waals surface area contributed by atoms with Gasteiger partial charge in [0.25, 0.3) is 5.91 Å². The smallest absolute Gasteiger partial charge is 0.328 e. The van der Waals surface area contributed by atoms with Crippen LogP contribution in [0.5, 0.6) is 0 Å². The summed E-state index contributed by atoms with van der Waals surface area (Å²) in [6.07, 6.45) is 4.67. The van der Waals surface area contributed by atoms with Crippen molar-refractivity contribution in [2.75, 3.05) is 7.11 Å². The van der Waals surface area contributed by atoms with Gasteiger partial charge in [0.05, 0.1) is 17.8 Å². The molecule has 0 aromatic heterocycles. The van der Waals surface area contributed by atoms with Crippen LogP contribution in [0.3, 0.4) is 0 Å². The second-order valence-corrected chi connectivity index (χ2v) is 10.4. The molecule has 0 spiro atoms. The molecule has 2 fully saturated rings. The number of ether oxygens (including phenoxy) is 1. The van der Waals surface area contributed by atoms with Gasteiger partial charge >= 0.3 is 5.97 Å². The van der Waals surface area contributed by atoms with Crippen molar-refractivity contribution in [3.63, 3.8) is 0 Å². The fraction of sp³-hybridized carbons (Fsp3) is 0.417. The SMILES string of the molecule is COC(=O)C1CC2CCCCC2N1C(=O)c1cccc(CS(=O)(=O)c2ccccc2)c1. The quantitative estimate of drug-likeness (QED) is 0.662. The van der Waals surface area contributed by atoms with Crippen LogP contribution in [0.4, 0.5) is 0 Å². The van der Waals surface area contributed by atoms with Gasteiger partial charge in [-0.25, -0.2) is 13.2 Å². The number of carbonyl (C=O) groups excluding carboxylic acids is 2. The maximum absolute atomic E-state index is 13.5. The molecule has 1 saturated heterocycles. The summed E-state index contributed by atoms with van der Waals surface area (Å²) in [4.78, 5) is 27.9. The van der Waals surface area contributed by atoms with E-state index >= 15 is 0 Å². The first-order valence-corrected chi connectivity index (χ1v) is 12.3. The molecule has 31 heavy (non-hydrogen) atoms. The normalized spacial score (nSPS) is 23.3. The van der Waals surface area contributed by atoms with Gasteiger partial charge in [0.1, 0.15) is 6.04 Å². The van der Waals surface area contributed by atoms with E-state index in [0.717, 1.165) is 25.7 Å². The molecular formula is C24H27NO5S. The molecule has 2 aliphatic rings. The lowest BCUT2D eigenvalue weighted by Crippen LogP contribution is -2.46. The number of hydrogen-bond donors (Lipinski definition) is 0. The largest absolute Gasteiger partial charge is 0.467 e. The maximum atomic E-state index is 13.5. The van der Waals surface area contributed by atoms with Gasteiger partial charge in [0.2, 0.25) is 0 Å².